The van der Waals surface area contributed by atoms with Crippen LogP contribution in [0.3, 0.4) is 0 Å². The van der Waals surface area contributed by atoms with Gasteiger partial charge in [-0.05, 0) is 55.2 Å². The standard InChI is InChI=1S/C29H28Cl2N2O3.C2H4O2/c1-4-16-36-27-21-8-5-6-11-24(21)33(3)29(35)25(27)20-14-12-19(13-15-20)17-18(2)32-28(34)26-22(30)9-7-10-23(26)31;1-4-2-3/h5-15,18H,4,16-17H2,1-3H3,(H,32,34);2H,1H3. The summed E-state index contributed by atoms with van der Waals surface area (Å²) in [5.74, 6) is 0.299. The van der Waals surface area contributed by atoms with Gasteiger partial charge in [-0.1, -0.05) is 72.6 Å². The van der Waals surface area contributed by atoms with Gasteiger partial charge in [0, 0.05) is 18.5 Å². The number of hydrogen-bond donors (Lipinski definition) is 1. The molecule has 1 N–H and O–H groups in total. The number of nitrogens with zero attached hydrogens (tertiary/aromatic N) is 1. The Kier molecular flexibility index (Phi) is 11.2. The largest absolute Gasteiger partial charge is 0.492 e. The average molecular weight is 584 g/mol. The molecule has 4 rings (SSSR count). The summed E-state index contributed by atoms with van der Waals surface area (Å²) >= 11 is 12.3. The molecule has 0 aliphatic heterocycles. The number of para-hydroxylation sites is 1. The van der Waals surface area contributed by atoms with E-state index in [4.69, 9.17) is 32.7 Å². The maximum atomic E-state index is 13.4. The van der Waals surface area contributed by atoms with Crippen LogP contribution < -0.4 is 15.6 Å². The lowest BCUT2D eigenvalue weighted by molar-refractivity contribution is -0.126. The van der Waals surface area contributed by atoms with Crippen molar-refractivity contribution >= 4 is 46.5 Å². The molecule has 1 atom stereocenters. The van der Waals surface area contributed by atoms with Gasteiger partial charge in [0.2, 0.25) is 0 Å². The predicted octanol–water partition coefficient (Wildman–Crippen LogP) is 6.45. The number of carbonyl (C=O) groups is 2. The summed E-state index contributed by atoms with van der Waals surface area (Å²) in [7, 11) is 3.09. The topological polar surface area (TPSA) is 86.6 Å². The van der Waals surface area contributed by atoms with E-state index < -0.39 is 0 Å². The molecule has 0 fully saturated rings. The fraction of sp³-hybridized carbons (Fsp3) is 0.258. The van der Waals surface area contributed by atoms with Crippen molar-refractivity contribution in [3.05, 3.63) is 98.3 Å². The fourth-order valence-corrected chi connectivity index (χ4v) is 4.87. The zero-order valence-corrected chi connectivity index (χ0v) is 24.4. The number of aryl methyl sites for hydroxylation is 1. The molecule has 0 bridgehead atoms. The molecule has 210 valence electrons. The number of carbonyl (C=O) groups excluding carboxylic acids is 2. The minimum atomic E-state index is -0.313. The Bertz CT molecular complexity index is 1510. The van der Waals surface area contributed by atoms with Crippen LogP contribution in [0.4, 0.5) is 0 Å². The molecule has 3 aromatic carbocycles. The number of amides is 1. The highest BCUT2D eigenvalue weighted by Crippen LogP contribution is 2.34. The second-order valence-corrected chi connectivity index (χ2v) is 9.95. The number of benzene rings is 3. The summed E-state index contributed by atoms with van der Waals surface area (Å²) in [5.41, 5.74) is 3.35. The number of fused-ring (bicyclic) bond motifs is 1. The summed E-state index contributed by atoms with van der Waals surface area (Å²) in [5, 5.41) is 4.49. The van der Waals surface area contributed by atoms with Gasteiger partial charge in [-0.3, -0.25) is 14.4 Å². The van der Waals surface area contributed by atoms with Gasteiger partial charge in [0.25, 0.3) is 17.9 Å². The third-order valence-electron chi connectivity index (χ3n) is 6.15. The summed E-state index contributed by atoms with van der Waals surface area (Å²) in [4.78, 5) is 35.0. The number of pyridine rings is 1. The number of methoxy groups -OCH3 is 1. The highest BCUT2D eigenvalue weighted by atomic mass is 35.5. The molecule has 7 nitrogen and oxygen atoms in total. The minimum Gasteiger partial charge on any atom is -0.492 e. The van der Waals surface area contributed by atoms with Crippen molar-refractivity contribution < 1.29 is 19.1 Å². The number of hydrogen-bond acceptors (Lipinski definition) is 5. The van der Waals surface area contributed by atoms with Crippen LogP contribution in [0.25, 0.3) is 22.0 Å². The van der Waals surface area contributed by atoms with E-state index in [2.05, 4.69) is 10.1 Å². The Labute approximate surface area is 243 Å². The highest BCUT2D eigenvalue weighted by Gasteiger charge is 2.19. The fourth-order valence-electron chi connectivity index (χ4n) is 4.30. The Balaban J connectivity index is 0.00000103. The van der Waals surface area contributed by atoms with Crippen LogP contribution in [0, 0.1) is 0 Å². The molecule has 1 amide bonds. The molecule has 40 heavy (non-hydrogen) atoms. The van der Waals surface area contributed by atoms with Gasteiger partial charge >= 0.3 is 0 Å². The van der Waals surface area contributed by atoms with Crippen LogP contribution in [0.1, 0.15) is 36.2 Å². The average Bonchev–Trinajstić information content (AvgIpc) is 2.94. The first-order valence-electron chi connectivity index (χ1n) is 12.8. The van der Waals surface area contributed by atoms with E-state index in [1.807, 2.05) is 62.4 Å². The normalized spacial score (nSPS) is 11.2. The molecular weight excluding hydrogens is 551 g/mol. The molecular formula is C31H32Cl2N2O5. The van der Waals surface area contributed by atoms with E-state index in [0.29, 0.717) is 40.9 Å². The van der Waals surface area contributed by atoms with E-state index in [0.717, 1.165) is 28.5 Å². The smallest absolute Gasteiger partial charge is 0.292 e. The molecule has 0 radical (unpaired) electrons. The third kappa shape index (κ3) is 7.23. The lowest BCUT2D eigenvalue weighted by Gasteiger charge is -2.17. The van der Waals surface area contributed by atoms with Gasteiger partial charge < -0.3 is 19.4 Å². The second kappa shape index (κ2) is 14.5. The van der Waals surface area contributed by atoms with Crippen LogP contribution in [-0.4, -0.2) is 36.7 Å². The van der Waals surface area contributed by atoms with E-state index in [9.17, 15) is 9.59 Å². The lowest BCUT2D eigenvalue weighted by Crippen LogP contribution is -2.34. The minimum absolute atomic E-state index is 0.107. The first-order valence-corrected chi connectivity index (χ1v) is 13.5. The Hall–Kier alpha value is -3.81. The van der Waals surface area contributed by atoms with Crippen molar-refractivity contribution in [2.45, 2.75) is 32.7 Å². The second-order valence-electron chi connectivity index (χ2n) is 9.14. The number of aromatic nitrogens is 1. The summed E-state index contributed by atoms with van der Waals surface area (Å²) in [6.07, 6.45) is 1.44. The first kappa shape index (κ1) is 30.7. The van der Waals surface area contributed by atoms with Crippen LogP contribution >= 0.6 is 23.2 Å². The van der Waals surface area contributed by atoms with Crippen molar-refractivity contribution in [2.75, 3.05) is 13.7 Å². The molecule has 0 saturated heterocycles. The van der Waals surface area contributed by atoms with Crippen LogP contribution in [-0.2, 0) is 23.0 Å². The van der Waals surface area contributed by atoms with Crippen molar-refractivity contribution in [3.63, 3.8) is 0 Å². The van der Waals surface area contributed by atoms with Crippen molar-refractivity contribution in [3.8, 4) is 16.9 Å². The molecule has 0 aliphatic rings. The maximum absolute atomic E-state index is 13.4. The molecule has 4 aromatic rings. The molecule has 0 aliphatic carbocycles. The Morgan fingerprint density at radius 3 is 2.25 bits per heavy atom. The van der Waals surface area contributed by atoms with E-state index in [1.165, 1.54) is 7.11 Å². The highest BCUT2D eigenvalue weighted by molar-refractivity contribution is 6.39. The monoisotopic (exact) mass is 582 g/mol. The molecule has 1 aromatic heterocycles. The Morgan fingerprint density at radius 2 is 1.65 bits per heavy atom. The van der Waals surface area contributed by atoms with Crippen LogP contribution in [0.2, 0.25) is 10.0 Å². The van der Waals surface area contributed by atoms with Gasteiger partial charge in [-0.2, -0.15) is 0 Å². The van der Waals surface area contributed by atoms with E-state index >= 15 is 0 Å². The quantitative estimate of drug-likeness (QED) is 0.229. The number of nitrogens with one attached hydrogen (secondary N) is 1. The summed E-state index contributed by atoms with van der Waals surface area (Å²) in [6, 6.07) is 20.4. The lowest BCUT2D eigenvalue weighted by atomic mass is 9.99. The zero-order chi connectivity index (χ0) is 29.2. The third-order valence-corrected chi connectivity index (χ3v) is 6.78. The number of halogens is 2. The molecule has 0 saturated carbocycles. The van der Waals surface area contributed by atoms with Gasteiger partial charge in [0.15, 0.2) is 0 Å². The molecule has 0 spiro atoms. The van der Waals surface area contributed by atoms with Crippen LogP contribution in [0.15, 0.2) is 71.5 Å². The molecule has 1 heterocycles. The maximum Gasteiger partial charge on any atom is 0.292 e. The van der Waals surface area contributed by atoms with Crippen molar-refractivity contribution in [1.82, 2.24) is 9.88 Å². The molecule has 1 unspecified atom stereocenters. The van der Waals surface area contributed by atoms with Gasteiger partial charge in [-0.25, -0.2) is 0 Å². The summed E-state index contributed by atoms with van der Waals surface area (Å²) < 4.78 is 11.6. The summed E-state index contributed by atoms with van der Waals surface area (Å²) in [6.45, 7) is 4.86. The number of ether oxygens (including phenoxy) is 2. The van der Waals surface area contributed by atoms with Gasteiger partial charge in [-0.15, -0.1) is 0 Å². The zero-order valence-electron chi connectivity index (χ0n) is 22.9. The predicted molar refractivity (Wildman–Crippen MR) is 161 cm³/mol. The first-order chi connectivity index (χ1) is 19.2. The Morgan fingerprint density at radius 1 is 1.02 bits per heavy atom. The number of rotatable bonds is 9. The van der Waals surface area contributed by atoms with E-state index in [1.54, 1.807) is 29.8 Å². The van der Waals surface area contributed by atoms with Gasteiger partial charge in [0.05, 0.1) is 40.4 Å². The van der Waals surface area contributed by atoms with Crippen molar-refractivity contribution in [1.29, 1.82) is 0 Å². The van der Waals surface area contributed by atoms with Crippen molar-refractivity contribution in [2.24, 2.45) is 7.05 Å². The van der Waals surface area contributed by atoms with Gasteiger partial charge in [0.1, 0.15) is 5.75 Å². The van der Waals surface area contributed by atoms with Crippen LogP contribution in [0.5, 0.6) is 5.75 Å². The SMILES string of the molecule is CCCOc1c(-c2ccc(CC(C)NC(=O)c3c(Cl)cccc3Cl)cc2)c(=O)n(C)c2ccccc12.COC=O. The molecule has 9 heteroatoms. The van der Waals surface area contributed by atoms with E-state index in [-0.39, 0.29) is 23.1 Å².